The van der Waals surface area contributed by atoms with Crippen LogP contribution in [0.15, 0.2) is 12.3 Å². The molecule has 116 valence electrons. The van der Waals surface area contributed by atoms with Crippen LogP contribution in [0.2, 0.25) is 0 Å². The van der Waals surface area contributed by atoms with Gasteiger partial charge >= 0.3 is 0 Å². The van der Waals surface area contributed by atoms with Gasteiger partial charge in [0.1, 0.15) is 0 Å². The fourth-order valence-corrected chi connectivity index (χ4v) is 2.73. The third kappa shape index (κ3) is 3.50. The second kappa shape index (κ2) is 6.85. The molecule has 0 aromatic carbocycles. The zero-order valence-corrected chi connectivity index (χ0v) is 12.8. The van der Waals surface area contributed by atoms with Gasteiger partial charge < -0.3 is 5.32 Å². The van der Waals surface area contributed by atoms with Crippen molar-refractivity contribution < 1.29 is 9.18 Å². The molecule has 6 heteroatoms. The van der Waals surface area contributed by atoms with Crippen molar-refractivity contribution in [3.8, 4) is 0 Å². The van der Waals surface area contributed by atoms with Gasteiger partial charge in [-0.1, -0.05) is 6.42 Å². The van der Waals surface area contributed by atoms with E-state index in [0.717, 1.165) is 19.3 Å². The summed E-state index contributed by atoms with van der Waals surface area (Å²) in [6.07, 6.45) is 4.67. The van der Waals surface area contributed by atoms with Crippen LogP contribution < -0.4 is 10.7 Å². The lowest BCUT2D eigenvalue weighted by Gasteiger charge is -2.38. The lowest BCUT2D eigenvalue weighted by atomic mass is 10.00. The molecule has 21 heavy (non-hydrogen) atoms. The van der Waals surface area contributed by atoms with Crippen molar-refractivity contribution in [2.75, 3.05) is 11.9 Å². The fourth-order valence-electron chi connectivity index (χ4n) is 2.73. The van der Waals surface area contributed by atoms with E-state index in [1.165, 1.54) is 12.3 Å². The van der Waals surface area contributed by atoms with Crippen LogP contribution >= 0.6 is 0 Å². The number of halogens is 1. The van der Waals surface area contributed by atoms with E-state index in [1.54, 1.807) is 0 Å². The van der Waals surface area contributed by atoms with Crippen molar-refractivity contribution in [1.82, 2.24) is 15.4 Å². The van der Waals surface area contributed by atoms with Gasteiger partial charge in [0.15, 0.2) is 11.6 Å². The second-order valence-electron chi connectivity index (χ2n) is 5.53. The highest BCUT2D eigenvalue weighted by Crippen LogP contribution is 2.21. The summed E-state index contributed by atoms with van der Waals surface area (Å²) in [5, 5.41) is 4.74. The Morgan fingerprint density at radius 2 is 2.10 bits per heavy atom. The molecule has 2 atom stereocenters. The monoisotopic (exact) mass is 294 g/mol. The van der Waals surface area contributed by atoms with E-state index in [2.05, 4.69) is 29.6 Å². The highest BCUT2D eigenvalue weighted by molar-refractivity contribution is 5.94. The van der Waals surface area contributed by atoms with Gasteiger partial charge in [0.2, 0.25) is 0 Å². The number of rotatable bonds is 4. The maximum Gasteiger partial charge on any atom is 0.268 e. The van der Waals surface area contributed by atoms with Crippen LogP contribution in [0.1, 0.15) is 50.4 Å². The van der Waals surface area contributed by atoms with E-state index >= 15 is 0 Å². The maximum absolute atomic E-state index is 14.3. The Labute approximate surface area is 124 Å². The largest absolute Gasteiger partial charge is 0.368 e. The Bertz CT molecular complexity index is 498. The normalized spacial score (nSPS) is 22.9. The van der Waals surface area contributed by atoms with E-state index < -0.39 is 11.7 Å². The molecule has 0 radical (unpaired) electrons. The molecule has 2 heterocycles. The SMILES string of the molecule is CCNc1nccc(C(=O)NN2C(C)CCCC2C)c1F. The summed E-state index contributed by atoms with van der Waals surface area (Å²) < 4.78 is 14.3. The number of hydrogen-bond acceptors (Lipinski definition) is 4. The number of carbonyl (C=O) groups is 1. The van der Waals surface area contributed by atoms with Gasteiger partial charge in [-0.15, -0.1) is 0 Å². The van der Waals surface area contributed by atoms with Crippen LogP contribution in [0.4, 0.5) is 10.2 Å². The molecule has 1 aromatic rings. The van der Waals surface area contributed by atoms with E-state index in [9.17, 15) is 9.18 Å². The molecular weight excluding hydrogens is 271 g/mol. The quantitative estimate of drug-likeness (QED) is 0.896. The summed E-state index contributed by atoms with van der Waals surface area (Å²) in [6.45, 7) is 6.55. The average molecular weight is 294 g/mol. The number of amides is 1. The molecule has 2 unspecified atom stereocenters. The maximum atomic E-state index is 14.3. The topological polar surface area (TPSA) is 57.3 Å². The smallest absolute Gasteiger partial charge is 0.268 e. The van der Waals surface area contributed by atoms with Crippen molar-refractivity contribution in [3.05, 3.63) is 23.6 Å². The van der Waals surface area contributed by atoms with Crippen LogP contribution in [-0.4, -0.2) is 34.5 Å². The summed E-state index contributed by atoms with van der Waals surface area (Å²) in [7, 11) is 0. The van der Waals surface area contributed by atoms with E-state index in [4.69, 9.17) is 0 Å². The van der Waals surface area contributed by atoms with Crippen molar-refractivity contribution in [1.29, 1.82) is 0 Å². The number of nitrogens with one attached hydrogen (secondary N) is 2. The molecule has 1 aliphatic rings. The van der Waals surface area contributed by atoms with Crippen LogP contribution in [0, 0.1) is 5.82 Å². The Morgan fingerprint density at radius 1 is 1.43 bits per heavy atom. The van der Waals surface area contributed by atoms with Gasteiger partial charge in [-0.25, -0.2) is 14.4 Å². The van der Waals surface area contributed by atoms with Gasteiger partial charge in [0, 0.05) is 24.8 Å². The number of hydrogen-bond donors (Lipinski definition) is 2. The first-order valence-electron chi connectivity index (χ1n) is 7.52. The number of aromatic nitrogens is 1. The zero-order valence-electron chi connectivity index (χ0n) is 12.8. The van der Waals surface area contributed by atoms with Gasteiger partial charge in [0.25, 0.3) is 5.91 Å². The second-order valence-corrected chi connectivity index (χ2v) is 5.53. The van der Waals surface area contributed by atoms with Gasteiger partial charge in [-0.2, -0.15) is 0 Å². The van der Waals surface area contributed by atoms with E-state index in [-0.39, 0.29) is 23.5 Å². The standard InChI is InChI=1S/C15H23FN4O/c1-4-17-14-13(16)12(8-9-18-14)15(21)19-20-10(2)6-5-7-11(20)3/h8-11H,4-7H2,1-3H3,(H,17,18)(H,19,21). The molecule has 5 nitrogen and oxygen atoms in total. The number of anilines is 1. The number of nitrogens with zero attached hydrogens (tertiary/aromatic N) is 2. The van der Waals surface area contributed by atoms with Crippen molar-refractivity contribution in [2.45, 2.75) is 52.1 Å². The lowest BCUT2D eigenvalue weighted by molar-refractivity contribution is 0.0367. The molecule has 1 fully saturated rings. The van der Waals surface area contributed by atoms with Crippen LogP contribution in [0.25, 0.3) is 0 Å². The molecule has 2 N–H and O–H groups in total. The first-order chi connectivity index (χ1) is 10.0. The third-order valence-electron chi connectivity index (χ3n) is 3.90. The summed E-state index contributed by atoms with van der Waals surface area (Å²) in [5.41, 5.74) is 2.86. The summed E-state index contributed by atoms with van der Waals surface area (Å²) in [6, 6.07) is 1.93. The third-order valence-corrected chi connectivity index (χ3v) is 3.90. The highest BCUT2D eigenvalue weighted by Gasteiger charge is 2.27. The number of hydrazine groups is 1. The first-order valence-corrected chi connectivity index (χ1v) is 7.52. The van der Waals surface area contributed by atoms with Crippen molar-refractivity contribution in [2.24, 2.45) is 0 Å². The molecule has 0 saturated carbocycles. The van der Waals surface area contributed by atoms with Crippen LogP contribution in [-0.2, 0) is 0 Å². The molecule has 1 saturated heterocycles. The lowest BCUT2D eigenvalue weighted by Crippen LogP contribution is -2.54. The van der Waals surface area contributed by atoms with Crippen molar-refractivity contribution in [3.63, 3.8) is 0 Å². The summed E-state index contributed by atoms with van der Waals surface area (Å²) in [4.78, 5) is 16.2. The molecule has 2 rings (SSSR count). The van der Waals surface area contributed by atoms with Crippen LogP contribution in [0.3, 0.4) is 0 Å². The Balaban J connectivity index is 2.14. The van der Waals surface area contributed by atoms with Crippen molar-refractivity contribution >= 4 is 11.7 Å². The predicted molar refractivity (Wildman–Crippen MR) is 80.4 cm³/mol. The average Bonchev–Trinajstić information content (AvgIpc) is 2.45. The summed E-state index contributed by atoms with van der Waals surface area (Å²) in [5.74, 6) is -0.909. The molecule has 0 aliphatic carbocycles. The fraction of sp³-hybridized carbons (Fsp3) is 0.600. The summed E-state index contributed by atoms with van der Waals surface area (Å²) >= 11 is 0. The molecule has 1 aromatic heterocycles. The molecule has 1 aliphatic heterocycles. The Kier molecular flexibility index (Phi) is 5.12. The molecular formula is C15H23FN4O. The van der Waals surface area contributed by atoms with E-state index in [1.807, 2.05) is 11.9 Å². The minimum Gasteiger partial charge on any atom is -0.368 e. The van der Waals surface area contributed by atoms with Gasteiger partial charge in [-0.05, 0) is 39.7 Å². The molecule has 0 bridgehead atoms. The minimum atomic E-state index is -0.603. The van der Waals surface area contributed by atoms with Gasteiger partial charge in [-0.3, -0.25) is 10.2 Å². The number of carbonyl (C=O) groups excluding carboxylic acids is 1. The van der Waals surface area contributed by atoms with E-state index in [0.29, 0.717) is 6.54 Å². The van der Waals surface area contributed by atoms with Gasteiger partial charge in [0.05, 0.1) is 5.56 Å². The number of pyridine rings is 1. The minimum absolute atomic E-state index is 0.0194. The zero-order chi connectivity index (χ0) is 15.4. The molecule has 1 amide bonds. The Morgan fingerprint density at radius 3 is 2.71 bits per heavy atom. The number of piperidine rings is 1. The molecule has 0 spiro atoms. The predicted octanol–water partition coefficient (Wildman–Crippen LogP) is 2.56. The Hall–Kier alpha value is -1.69. The highest BCUT2D eigenvalue weighted by atomic mass is 19.1. The van der Waals surface area contributed by atoms with Crippen LogP contribution in [0.5, 0.6) is 0 Å². The first kappa shape index (κ1) is 15.7.